The van der Waals surface area contributed by atoms with Crippen LogP contribution in [0.25, 0.3) is 11.4 Å². The third-order valence-electron chi connectivity index (χ3n) is 5.84. The lowest BCUT2D eigenvalue weighted by atomic mass is 10.2. The van der Waals surface area contributed by atoms with Gasteiger partial charge < -0.3 is 47.9 Å². The van der Waals surface area contributed by atoms with E-state index in [1.54, 1.807) is 6.92 Å². The number of benzene rings is 1. The van der Waals surface area contributed by atoms with E-state index in [0.29, 0.717) is 137 Å². The van der Waals surface area contributed by atoms with E-state index < -0.39 is 0 Å². The van der Waals surface area contributed by atoms with Crippen molar-refractivity contribution in [3.05, 3.63) is 30.1 Å². The second-order valence-corrected chi connectivity index (χ2v) is 9.64. The van der Waals surface area contributed by atoms with E-state index in [-0.39, 0.29) is 5.91 Å². The Morgan fingerprint density at radius 2 is 0.957 bits per heavy atom. The van der Waals surface area contributed by atoms with Crippen LogP contribution in [0.15, 0.2) is 24.3 Å². The first-order valence-corrected chi connectivity index (χ1v) is 15.8. The van der Waals surface area contributed by atoms with Crippen molar-refractivity contribution in [2.45, 2.75) is 26.7 Å². The molecule has 0 unspecified atom stereocenters. The van der Waals surface area contributed by atoms with Gasteiger partial charge in [-0.1, -0.05) is 6.92 Å². The molecule has 2 rings (SSSR count). The summed E-state index contributed by atoms with van der Waals surface area (Å²) in [7, 11) is 0. The summed E-state index contributed by atoms with van der Waals surface area (Å²) in [6, 6.07) is 7.42. The summed E-state index contributed by atoms with van der Waals surface area (Å²) < 4.78 is 49.4. The number of carbonyl (C=O) groups excluding carboxylic acids is 1. The lowest BCUT2D eigenvalue weighted by Crippen LogP contribution is -2.25. The summed E-state index contributed by atoms with van der Waals surface area (Å²) in [5, 5.41) is 18.7. The standard InChI is InChI=1S/C31H51N5O10/c1-3-9-32-30(37)8-10-38-11-12-39-13-14-40-15-16-41-17-18-42-19-20-43-21-22-44-23-24-45-25-26-46-29-6-4-28(5-7-29)31-35-33-27(2)34-36-31/h4-7H,3,8-26H2,1-2H3,(H,32,37). The van der Waals surface area contributed by atoms with Gasteiger partial charge in [0.2, 0.25) is 11.7 Å². The Kier molecular flexibility index (Phi) is 24.2. The summed E-state index contributed by atoms with van der Waals surface area (Å²) in [5.41, 5.74) is 0.821. The molecule has 1 amide bonds. The molecular formula is C31H51N5O10. The largest absolute Gasteiger partial charge is 0.491 e. The van der Waals surface area contributed by atoms with Gasteiger partial charge in [-0.3, -0.25) is 4.79 Å². The summed E-state index contributed by atoms with van der Waals surface area (Å²) in [6.45, 7) is 12.5. The highest BCUT2D eigenvalue weighted by molar-refractivity contribution is 5.75. The van der Waals surface area contributed by atoms with Gasteiger partial charge in [0.1, 0.15) is 12.4 Å². The fourth-order valence-electron chi connectivity index (χ4n) is 3.47. The molecule has 1 aromatic heterocycles. The highest BCUT2D eigenvalue weighted by Gasteiger charge is 2.04. The van der Waals surface area contributed by atoms with Gasteiger partial charge in [-0.2, -0.15) is 0 Å². The molecule has 0 radical (unpaired) electrons. The minimum atomic E-state index is 0.0152. The predicted octanol–water partition coefficient (Wildman–Crippen LogP) is 1.67. The fraction of sp³-hybridized carbons (Fsp3) is 0.710. The Morgan fingerprint density at radius 1 is 0.565 bits per heavy atom. The van der Waals surface area contributed by atoms with Crippen LogP contribution in [-0.4, -0.2) is 145 Å². The van der Waals surface area contributed by atoms with Crippen LogP contribution < -0.4 is 10.1 Å². The molecule has 0 aliphatic rings. The minimum absolute atomic E-state index is 0.0152. The first kappa shape index (κ1) is 39.3. The molecule has 0 saturated heterocycles. The zero-order valence-electron chi connectivity index (χ0n) is 27.3. The Hall–Kier alpha value is -2.89. The van der Waals surface area contributed by atoms with Gasteiger partial charge in [0, 0.05) is 18.5 Å². The van der Waals surface area contributed by atoms with Crippen LogP contribution >= 0.6 is 0 Å². The maximum atomic E-state index is 11.4. The maximum Gasteiger partial charge on any atom is 0.222 e. The number of rotatable bonds is 31. The molecule has 0 atom stereocenters. The van der Waals surface area contributed by atoms with Crippen LogP contribution in [0.5, 0.6) is 5.75 Å². The van der Waals surface area contributed by atoms with E-state index in [4.69, 9.17) is 42.6 Å². The second kappa shape index (κ2) is 28.3. The topological polar surface area (TPSA) is 164 Å². The third kappa shape index (κ3) is 21.8. The normalized spacial score (nSPS) is 11.2. The van der Waals surface area contributed by atoms with Crippen LogP contribution in [0.3, 0.4) is 0 Å². The van der Waals surface area contributed by atoms with Crippen molar-refractivity contribution in [2.75, 3.05) is 119 Å². The summed E-state index contributed by atoms with van der Waals surface area (Å²) in [6.07, 6.45) is 1.30. The molecule has 15 nitrogen and oxygen atoms in total. The molecule has 2 aromatic rings. The number of nitrogens with zero attached hydrogens (tertiary/aromatic N) is 4. The van der Waals surface area contributed by atoms with E-state index >= 15 is 0 Å². The molecule has 1 heterocycles. The van der Waals surface area contributed by atoms with Crippen LogP contribution in [0, 0.1) is 6.92 Å². The number of carbonyl (C=O) groups is 1. The van der Waals surface area contributed by atoms with Crippen molar-refractivity contribution in [2.24, 2.45) is 0 Å². The highest BCUT2D eigenvalue weighted by Crippen LogP contribution is 2.18. The average molecular weight is 654 g/mol. The molecule has 0 aliphatic heterocycles. The lowest BCUT2D eigenvalue weighted by Gasteiger charge is -2.09. The molecular weight excluding hydrogens is 602 g/mol. The van der Waals surface area contributed by atoms with E-state index in [1.807, 2.05) is 31.2 Å². The predicted molar refractivity (Wildman–Crippen MR) is 168 cm³/mol. The van der Waals surface area contributed by atoms with E-state index in [0.717, 1.165) is 17.7 Å². The molecule has 0 saturated carbocycles. The van der Waals surface area contributed by atoms with Gasteiger partial charge in [-0.15, -0.1) is 20.4 Å². The number of aromatic nitrogens is 4. The molecule has 0 aliphatic carbocycles. The lowest BCUT2D eigenvalue weighted by molar-refractivity contribution is -0.122. The highest BCUT2D eigenvalue weighted by atomic mass is 16.6. The smallest absolute Gasteiger partial charge is 0.222 e. The van der Waals surface area contributed by atoms with E-state index in [1.165, 1.54) is 0 Å². The van der Waals surface area contributed by atoms with Gasteiger partial charge in [-0.25, -0.2) is 0 Å². The van der Waals surface area contributed by atoms with Crippen LogP contribution in [0.1, 0.15) is 25.6 Å². The molecule has 0 fully saturated rings. The zero-order valence-corrected chi connectivity index (χ0v) is 27.3. The monoisotopic (exact) mass is 653 g/mol. The Morgan fingerprint density at radius 3 is 1.37 bits per heavy atom. The van der Waals surface area contributed by atoms with Crippen LogP contribution in [-0.2, 0) is 42.7 Å². The van der Waals surface area contributed by atoms with Crippen LogP contribution in [0.2, 0.25) is 0 Å². The van der Waals surface area contributed by atoms with Gasteiger partial charge >= 0.3 is 0 Å². The SMILES string of the molecule is CCCNC(=O)CCOCCOCCOCCOCCOCCOCCOCCOCCOc1ccc(-c2nnc(C)nn2)cc1. The number of ether oxygens (including phenoxy) is 9. The number of aryl methyl sites for hydroxylation is 1. The zero-order chi connectivity index (χ0) is 32.8. The summed E-state index contributed by atoms with van der Waals surface area (Å²) >= 11 is 0. The first-order valence-electron chi connectivity index (χ1n) is 15.8. The maximum absolute atomic E-state index is 11.4. The van der Waals surface area contributed by atoms with Gasteiger partial charge in [0.15, 0.2) is 5.82 Å². The number of nitrogens with one attached hydrogen (secondary N) is 1. The molecule has 0 spiro atoms. The molecule has 1 aromatic carbocycles. The summed E-state index contributed by atoms with van der Waals surface area (Å²) in [4.78, 5) is 11.4. The van der Waals surface area contributed by atoms with Gasteiger partial charge in [0.25, 0.3) is 0 Å². The molecule has 46 heavy (non-hydrogen) atoms. The first-order chi connectivity index (χ1) is 22.7. The molecule has 260 valence electrons. The average Bonchev–Trinajstić information content (AvgIpc) is 3.07. The Balaban J connectivity index is 1.22. The van der Waals surface area contributed by atoms with Crippen molar-refractivity contribution in [3.8, 4) is 17.1 Å². The molecule has 0 bridgehead atoms. The number of hydrogen-bond donors (Lipinski definition) is 1. The molecule has 15 heteroatoms. The van der Waals surface area contributed by atoms with Gasteiger partial charge in [-0.05, 0) is 37.6 Å². The second-order valence-electron chi connectivity index (χ2n) is 9.64. The Bertz CT molecular complexity index is 989. The molecule has 1 N–H and O–H groups in total. The Labute approximate surface area is 271 Å². The number of hydrogen-bond acceptors (Lipinski definition) is 14. The van der Waals surface area contributed by atoms with Gasteiger partial charge in [0.05, 0.1) is 106 Å². The minimum Gasteiger partial charge on any atom is -0.491 e. The number of amides is 1. The third-order valence-corrected chi connectivity index (χ3v) is 5.84. The van der Waals surface area contributed by atoms with E-state index in [9.17, 15) is 4.79 Å². The summed E-state index contributed by atoms with van der Waals surface area (Å²) in [5.74, 6) is 1.75. The van der Waals surface area contributed by atoms with Crippen molar-refractivity contribution in [1.29, 1.82) is 0 Å². The van der Waals surface area contributed by atoms with Crippen LogP contribution in [0.4, 0.5) is 0 Å². The fourth-order valence-corrected chi connectivity index (χ4v) is 3.47. The van der Waals surface area contributed by atoms with Crippen molar-refractivity contribution in [3.63, 3.8) is 0 Å². The van der Waals surface area contributed by atoms with Crippen molar-refractivity contribution < 1.29 is 47.4 Å². The quantitative estimate of drug-likeness (QED) is 0.117. The van der Waals surface area contributed by atoms with E-state index in [2.05, 4.69) is 25.7 Å². The van der Waals surface area contributed by atoms with Crippen molar-refractivity contribution in [1.82, 2.24) is 25.7 Å². The van der Waals surface area contributed by atoms with Crippen molar-refractivity contribution >= 4 is 5.91 Å².